The Morgan fingerprint density at radius 3 is 2.61 bits per heavy atom. The summed E-state index contributed by atoms with van der Waals surface area (Å²) in [7, 11) is 0. The van der Waals surface area contributed by atoms with Gasteiger partial charge in [0.25, 0.3) is 0 Å². The highest BCUT2D eigenvalue weighted by molar-refractivity contribution is 5.90. The number of nitrogens with zero attached hydrogens (tertiary/aromatic N) is 3. The van der Waals surface area contributed by atoms with Crippen LogP contribution in [0.3, 0.4) is 0 Å². The van der Waals surface area contributed by atoms with Crippen molar-refractivity contribution in [3.05, 3.63) is 47.7 Å². The maximum Gasteiger partial charge on any atom is 0.153 e. The molecule has 1 aliphatic rings. The molecule has 120 valence electrons. The smallest absolute Gasteiger partial charge is 0.153 e. The van der Waals surface area contributed by atoms with E-state index in [2.05, 4.69) is 20.1 Å². The lowest BCUT2D eigenvalue weighted by atomic mass is 10.0. The summed E-state index contributed by atoms with van der Waals surface area (Å²) < 4.78 is 13.1. The third kappa shape index (κ3) is 3.91. The molecule has 23 heavy (non-hydrogen) atoms. The third-order valence-electron chi connectivity index (χ3n) is 3.23. The number of halogens is 1. The SMILES string of the molecule is CC.O/N=C/c1nc(C2=CC=NCC2)c(-c2ccc(F)cc2)[nH]1. The molecule has 0 radical (unpaired) electrons. The minimum atomic E-state index is -0.291. The average molecular weight is 314 g/mol. The Hall–Kier alpha value is -2.76. The molecule has 2 heterocycles. The molecule has 1 aliphatic heterocycles. The molecule has 0 atom stereocenters. The average Bonchev–Trinajstić information content (AvgIpc) is 3.02. The van der Waals surface area contributed by atoms with Crippen LogP contribution in [0.4, 0.5) is 4.39 Å². The summed E-state index contributed by atoms with van der Waals surface area (Å²) in [5, 5.41) is 11.6. The zero-order valence-corrected chi connectivity index (χ0v) is 13.1. The maximum atomic E-state index is 13.1. The number of rotatable bonds is 3. The van der Waals surface area contributed by atoms with Gasteiger partial charge in [-0.15, -0.1) is 0 Å². The number of aromatic amines is 1. The van der Waals surface area contributed by atoms with Gasteiger partial charge in [-0.25, -0.2) is 9.37 Å². The molecule has 0 saturated heterocycles. The minimum absolute atomic E-state index is 0.291. The largest absolute Gasteiger partial charge is 0.411 e. The number of nitrogens with one attached hydrogen (secondary N) is 1. The highest BCUT2D eigenvalue weighted by Gasteiger charge is 2.16. The Kier molecular flexibility index (Phi) is 5.80. The number of hydrogen-bond donors (Lipinski definition) is 2. The van der Waals surface area contributed by atoms with Crippen molar-refractivity contribution in [1.29, 1.82) is 0 Å². The van der Waals surface area contributed by atoms with Gasteiger partial charge in [-0.2, -0.15) is 0 Å². The van der Waals surface area contributed by atoms with Crippen LogP contribution in [0, 0.1) is 5.82 Å². The van der Waals surface area contributed by atoms with Crippen LogP contribution in [0.1, 0.15) is 31.8 Å². The van der Waals surface area contributed by atoms with Crippen LogP contribution in [0.15, 0.2) is 40.5 Å². The Labute approximate surface area is 134 Å². The standard InChI is InChI=1S/C15H13FN4O.C2H6/c16-12-3-1-10(2-4-12)14-15(11-5-7-17-8-6-11)20-13(19-14)9-18-21;1-2/h1-5,7,9,21H,6,8H2,(H,19,20);1-2H3/b18-9+;. The lowest BCUT2D eigenvalue weighted by Crippen LogP contribution is -1.97. The highest BCUT2D eigenvalue weighted by atomic mass is 19.1. The van der Waals surface area contributed by atoms with Crippen molar-refractivity contribution < 1.29 is 9.60 Å². The number of dihydropyridines is 1. The van der Waals surface area contributed by atoms with Gasteiger partial charge in [0.2, 0.25) is 0 Å². The Bertz CT molecular complexity index is 730. The first-order valence-electron chi connectivity index (χ1n) is 7.50. The van der Waals surface area contributed by atoms with Crippen molar-refractivity contribution in [1.82, 2.24) is 9.97 Å². The fourth-order valence-corrected chi connectivity index (χ4v) is 2.25. The van der Waals surface area contributed by atoms with Crippen molar-refractivity contribution in [2.24, 2.45) is 10.1 Å². The number of oxime groups is 1. The fraction of sp³-hybridized carbons (Fsp3) is 0.235. The third-order valence-corrected chi connectivity index (χ3v) is 3.23. The van der Waals surface area contributed by atoms with Gasteiger partial charge >= 0.3 is 0 Å². The lowest BCUT2D eigenvalue weighted by Gasteiger charge is -2.08. The summed E-state index contributed by atoms with van der Waals surface area (Å²) in [6.07, 6.45) is 5.67. The van der Waals surface area contributed by atoms with Crippen molar-refractivity contribution in [3.63, 3.8) is 0 Å². The second-order valence-electron chi connectivity index (χ2n) is 4.59. The topological polar surface area (TPSA) is 73.6 Å². The van der Waals surface area contributed by atoms with Crippen LogP contribution in [0.2, 0.25) is 0 Å². The second kappa shape index (κ2) is 8.03. The Balaban J connectivity index is 0.000000924. The number of aliphatic imine (C=N–C) groups is 1. The molecule has 1 aromatic heterocycles. The van der Waals surface area contributed by atoms with E-state index in [0.717, 1.165) is 28.9 Å². The molecule has 0 spiro atoms. The van der Waals surface area contributed by atoms with Gasteiger partial charge < -0.3 is 10.2 Å². The number of imidazole rings is 1. The first kappa shape index (κ1) is 16.6. The van der Waals surface area contributed by atoms with E-state index in [1.807, 2.05) is 19.9 Å². The van der Waals surface area contributed by atoms with Crippen molar-refractivity contribution >= 4 is 18.0 Å². The number of H-pyrrole nitrogens is 1. The van der Waals surface area contributed by atoms with E-state index in [4.69, 9.17) is 5.21 Å². The molecule has 0 amide bonds. The van der Waals surface area contributed by atoms with Crippen LogP contribution >= 0.6 is 0 Å². The first-order valence-corrected chi connectivity index (χ1v) is 7.50. The molecule has 0 saturated carbocycles. The van der Waals surface area contributed by atoms with E-state index in [-0.39, 0.29) is 5.82 Å². The highest BCUT2D eigenvalue weighted by Crippen LogP contribution is 2.29. The van der Waals surface area contributed by atoms with E-state index in [1.165, 1.54) is 18.3 Å². The normalized spacial score (nSPS) is 13.6. The molecule has 2 N–H and O–H groups in total. The molecule has 1 aromatic carbocycles. The van der Waals surface area contributed by atoms with Gasteiger partial charge in [-0.05, 0) is 42.3 Å². The number of aromatic nitrogens is 2. The Morgan fingerprint density at radius 1 is 1.26 bits per heavy atom. The van der Waals surface area contributed by atoms with Gasteiger partial charge in [0.05, 0.1) is 11.4 Å². The maximum absolute atomic E-state index is 13.1. The van der Waals surface area contributed by atoms with E-state index in [9.17, 15) is 4.39 Å². The molecule has 2 aromatic rings. The van der Waals surface area contributed by atoms with Gasteiger partial charge in [0, 0.05) is 18.3 Å². The van der Waals surface area contributed by atoms with E-state index < -0.39 is 0 Å². The predicted molar refractivity (Wildman–Crippen MR) is 90.7 cm³/mol. The zero-order valence-electron chi connectivity index (χ0n) is 13.1. The molecular weight excluding hydrogens is 295 g/mol. The van der Waals surface area contributed by atoms with Gasteiger partial charge in [0.15, 0.2) is 5.82 Å². The van der Waals surface area contributed by atoms with Crippen molar-refractivity contribution in [3.8, 4) is 11.3 Å². The van der Waals surface area contributed by atoms with Crippen molar-refractivity contribution in [2.75, 3.05) is 6.54 Å². The lowest BCUT2D eigenvalue weighted by molar-refractivity contribution is 0.321. The van der Waals surface area contributed by atoms with Crippen LogP contribution in [0.5, 0.6) is 0 Å². The van der Waals surface area contributed by atoms with Crippen LogP contribution in [0.25, 0.3) is 16.8 Å². The van der Waals surface area contributed by atoms with Gasteiger partial charge in [-0.3, -0.25) is 4.99 Å². The minimum Gasteiger partial charge on any atom is -0.411 e. The Morgan fingerprint density at radius 2 is 2.00 bits per heavy atom. The molecule has 0 aliphatic carbocycles. The summed E-state index contributed by atoms with van der Waals surface area (Å²) in [5.41, 5.74) is 3.40. The van der Waals surface area contributed by atoms with E-state index >= 15 is 0 Å². The molecule has 5 nitrogen and oxygen atoms in total. The number of hydrogen-bond acceptors (Lipinski definition) is 4. The summed E-state index contributed by atoms with van der Waals surface area (Å²) in [6, 6.07) is 6.17. The molecule has 0 bridgehead atoms. The number of allylic oxidation sites excluding steroid dienone is 1. The number of benzene rings is 1. The zero-order chi connectivity index (χ0) is 16.7. The van der Waals surface area contributed by atoms with Gasteiger partial charge in [-0.1, -0.05) is 19.0 Å². The predicted octanol–water partition coefficient (Wildman–Crippen LogP) is 3.91. The quantitative estimate of drug-likeness (QED) is 0.512. The van der Waals surface area contributed by atoms with E-state index in [0.29, 0.717) is 12.4 Å². The monoisotopic (exact) mass is 314 g/mol. The van der Waals surface area contributed by atoms with Crippen molar-refractivity contribution in [2.45, 2.75) is 20.3 Å². The van der Waals surface area contributed by atoms with Crippen LogP contribution in [-0.4, -0.2) is 34.1 Å². The summed E-state index contributed by atoms with van der Waals surface area (Å²) in [5.74, 6) is 0.149. The summed E-state index contributed by atoms with van der Waals surface area (Å²) >= 11 is 0. The van der Waals surface area contributed by atoms with Crippen LogP contribution < -0.4 is 0 Å². The fourth-order valence-electron chi connectivity index (χ4n) is 2.25. The first-order chi connectivity index (χ1) is 11.3. The molecule has 6 heteroatoms. The van der Waals surface area contributed by atoms with Gasteiger partial charge in [0.1, 0.15) is 12.0 Å². The molecule has 0 unspecified atom stereocenters. The van der Waals surface area contributed by atoms with E-state index in [1.54, 1.807) is 18.3 Å². The second-order valence-corrected chi connectivity index (χ2v) is 4.59. The summed E-state index contributed by atoms with van der Waals surface area (Å²) in [6.45, 7) is 4.71. The molecule has 0 fully saturated rings. The molecule has 3 rings (SSSR count). The molecular formula is C17H19FN4O. The van der Waals surface area contributed by atoms with Crippen LogP contribution in [-0.2, 0) is 0 Å². The summed E-state index contributed by atoms with van der Waals surface area (Å²) in [4.78, 5) is 11.7.